The Balaban J connectivity index is 1.10. The van der Waals surface area contributed by atoms with Crippen LogP contribution in [0.25, 0.3) is 63.0 Å². The molecule has 0 bridgehead atoms. The van der Waals surface area contributed by atoms with Gasteiger partial charge in [0.2, 0.25) is 11.8 Å². The van der Waals surface area contributed by atoms with E-state index >= 15 is 0 Å². The zero-order chi connectivity index (χ0) is 43.9. The van der Waals surface area contributed by atoms with Gasteiger partial charge >= 0.3 is 0 Å². The molecule has 7 heteroatoms. The van der Waals surface area contributed by atoms with Gasteiger partial charge in [0, 0.05) is 63.6 Å². The minimum absolute atomic E-state index is 0.0632. The average molecular weight is 877 g/mol. The van der Waals surface area contributed by atoms with E-state index in [1.54, 1.807) is 0 Å². The lowest BCUT2D eigenvalue weighted by atomic mass is 9.33. The van der Waals surface area contributed by atoms with Crippen LogP contribution in [0.1, 0.15) is 52.7 Å². The first-order chi connectivity index (χ1) is 31.5. The van der Waals surface area contributed by atoms with E-state index in [0.29, 0.717) is 0 Å². The van der Waals surface area contributed by atoms with Crippen molar-refractivity contribution in [3.8, 4) is 20.9 Å². The number of thiophene rings is 2. The third-order valence-corrected chi connectivity index (χ3v) is 15.9. The molecule has 0 amide bonds. The second-order valence-electron chi connectivity index (χ2n) is 19.8. The Morgan fingerprint density at radius 1 is 0.431 bits per heavy atom. The molecule has 0 aliphatic carbocycles. The highest BCUT2D eigenvalue weighted by Gasteiger charge is 2.49. The Morgan fingerprint density at radius 2 is 0.877 bits per heavy atom. The van der Waals surface area contributed by atoms with Crippen LogP contribution in [0.4, 0.5) is 34.5 Å². The Bertz CT molecular complexity index is 3430. The van der Waals surface area contributed by atoms with Crippen LogP contribution in [0, 0.1) is 0 Å². The SMILES string of the molecule is CC(C)(C)c1ccc2oc3c(c2c1)B1c2c(cccc2N(c2cccc(-c4cc5ccccc5s4)c2)c2oc4ccc(C(C)(C)C)cc4c21)N3c1cccc(-c2cc3ccccc3s2)c1. The number of hydrogen-bond acceptors (Lipinski definition) is 6. The fourth-order valence-corrected chi connectivity index (χ4v) is 12.4. The fourth-order valence-electron chi connectivity index (χ4n) is 10.3. The van der Waals surface area contributed by atoms with Gasteiger partial charge in [-0.25, -0.2) is 0 Å². The van der Waals surface area contributed by atoms with Gasteiger partial charge < -0.3 is 8.83 Å². The Labute approximate surface area is 387 Å². The van der Waals surface area contributed by atoms with Crippen molar-refractivity contribution in [2.45, 2.75) is 52.4 Å². The van der Waals surface area contributed by atoms with Crippen LogP contribution in [-0.2, 0) is 10.8 Å². The number of nitrogens with zero attached hydrogens (tertiary/aromatic N) is 2. The molecule has 13 rings (SSSR count). The topological polar surface area (TPSA) is 32.8 Å². The van der Waals surface area contributed by atoms with Crippen molar-refractivity contribution < 1.29 is 8.83 Å². The van der Waals surface area contributed by atoms with Crippen molar-refractivity contribution in [1.29, 1.82) is 0 Å². The van der Waals surface area contributed by atoms with E-state index in [-0.39, 0.29) is 17.5 Å². The average Bonchev–Trinajstić information content (AvgIpc) is 4.11. The molecule has 6 heterocycles. The Morgan fingerprint density at radius 3 is 1.32 bits per heavy atom. The molecule has 314 valence electrons. The van der Waals surface area contributed by atoms with Crippen LogP contribution in [0.3, 0.4) is 0 Å². The number of anilines is 6. The molecule has 0 unspecified atom stereocenters. The van der Waals surface area contributed by atoms with Crippen LogP contribution in [0.5, 0.6) is 0 Å². The summed E-state index contributed by atoms with van der Waals surface area (Å²) in [6.45, 7) is 13.6. The lowest BCUT2D eigenvalue weighted by molar-refractivity contribution is 0.589. The molecule has 2 aliphatic heterocycles. The molecule has 65 heavy (non-hydrogen) atoms. The smallest absolute Gasteiger partial charge is 0.262 e. The molecule has 0 saturated carbocycles. The zero-order valence-electron chi connectivity index (χ0n) is 37.2. The van der Waals surface area contributed by atoms with Crippen molar-refractivity contribution in [2.24, 2.45) is 0 Å². The minimum Gasteiger partial charge on any atom is -0.440 e. The predicted molar refractivity (Wildman–Crippen MR) is 279 cm³/mol. The molecule has 0 N–H and O–H groups in total. The monoisotopic (exact) mass is 876 g/mol. The van der Waals surface area contributed by atoms with E-state index in [0.717, 1.165) is 56.5 Å². The minimum atomic E-state index is -0.178. The Kier molecular flexibility index (Phi) is 8.24. The second kappa shape index (κ2) is 13.9. The summed E-state index contributed by atoms with van der Waals surface area (Å²) in [5.74, 6) is 1.70. The maximum atomic E-state index is 7.24. The van der Waals surface area contributed by atoms with Gasteiger partial charge in [0.15, 0.2) is 0 Å². The van der Waals surface area contributed by atoms with Crippen LogP contribution in [0.2, 0.25) is 0 Å². The third kappa shape index (κ3) is 5.95. The molecule has 4 nitrogen and oxygen atoms in total. The number of fused-ring (bicyclic) bond motifs is 10. The third-order valence-electron chi connectivity index (χ3n) is 13.6. The van der Waals surface area contributed by atoms with E-state index in [4.69, 9.17) is 8.83 Å². The van der Waals surface area contributed by atoms with Crippen LogP contribution in [0.15, 0.2) is 173 Å². The lowest BCUT2D eigenvalue weighted by Gasteiger charge is -2.40. The summed E-state index contributed by atoms with van der Waals surface area (Å²) in [4.78, 5) is 7.26. The van der Waals surface area contributed by atoms with Crippen LogP contribution < -0.4 is 26.2 Å². The number of furan rings is 2. The number of hydrogen-bond donors (Lipinski definition) is 0. The quantitative estimate of drug-likeness (QED) is 0.165. The molecule has 2 aliphatic rings. The van der Waals surface area contributed by atoms with Gasteiger partial charge in [-0.15, -0.1) is 22.7 Å². The van der Waals surface area contributed by atoms with Crippen molar-refractivity contribution in [3.63, 3.8) is 0 Å². The maximum absolute atomic E-state index is 7.24. The predicted octanol–water partition coefficient (Wildman–Crippen LogP) is 15.6. The van der Waals surface area contributed by atoms with Crippen molar-refractivity contribution >= 4 is 122 Å². The molecule has 0 saturated heterocycles. The van der Waals surface area contributed by atoms with Gasteiger partial charge in [0.1, 0.15) is 11.2 Å². The van der Waals surface area contributed by atoms with Crippen LogP contribution >= 0.6 is 22.7 Å². The number of benzene rings is 7. The van der Waals surface area contributed by atoms with Gasteiger partial charge in [-0.05, 0) is 134 Å². The normalized spacial score (nSPS) is 13.6. The molecule has 7 aromatic carbocycles. The highest BCUT2D eigenvalue weighted by Crippen LogP contribution is 2.49. The van der Waals surface area contributed by atoms with E-state index in [9.17, 15) is 0 Å². The van der Waals surface area contributed by atoms with Gasteiger partial charge in [0.25, 0.3) is 6.71 Å². The fraction of sp³-hybridized carbons (Fsp3) is 0.138. The van der Waals surface area contributed by atoms with Gasteiger partial charge in [-0.2, -0.15) is 0 Å². The molecular weight excluding hydrogens is 832 g/mol. The standard InChI is InChI=1S/C58H45BN2O2S2/c1-57(2,3)38-24-26-46-42(32-38)52-55(62-46)60(40-18-11-16-34(28-40)50-30-36-14-7-9-22-48(36)64-50)44-20-13-21-45-54(44)59(52)53-43-33-39(58(4,5)6)25-27-47(43)63-56(53)61(45)41-19-12-17-35(29-41)51-31-37-15-8-10-23-49(37)65-51/h7-33H,1-6H3. The summed E-state index contributed by atoms with van der Waals surface area (Å²) in [7, 11) is 0. The summed E-state index contributed by atoms with van der Waals surface area (Å²) < 4.78 is 17.1. The summed E-state index contributed by atoms with van der Waals surface area (Å²) in [6.07, 6.45) is 0. The van der Waals surface area contributed by atoms with Crippen molar-refractivity contribution in [1.82, 2.24) is 0 Å². The summed E-state index contributed by atoms with van der Waals surface area (Å²) >= 11 is 3.67. The molecule has 0 atom stereocenters. The molecular formula is C58H45BN2O2S2. The first kappa shape index (κ1) is 38.6. The molecule has 0 spiro atoms. The van der Waals surface area contributed by atoms with E-state index < -0.39 is 0 Å². The maximum Gasteiger partial charge on any atom is 0.262 e. The van der Waals surface area contributed by atoms with Crippen LogP contribution in [-0.4, -0.2) is 6.71 Å². The van der Waals surface area contributed by atoms with Gasteiger partial charge in [0.05, 0.1) is 0 Å². The first-order valence-corrected chi connectivity index (χ1v) is 24.1. The molecule has 4 aromatic heterocycles. The highest BCUT2D eigenvalue weighted by atomic mass is 32.1. The van der Waals surface area contributed by atoms with E-state index in [2.05, 4.69) is 215 Å². The largest absolute Gasteiger partial charge is 0.440 e. The van der Waals surface area contributed by atoms with Crippen molar-refractivity contribution in [2.75, 3.05) is 9.80 Å². The highest BCUT2D eigenvalue weighted by molar-refractivity contribution is 7.22. The second-order valence-corrected chi connectivity index (χ2v) is 21.9. The Hall–Kier alpha value is -6.80. The summed E-state index contributed by atoms with van der Waals surface area (Å²) in [5.41, 5.74) is 14.4. The van der Waals surface area contributed by atoms with E-state index in [1.807, 2.05) is 22.7 Å². The first-order valence-electron chi connectivity index (χ1n) is 22.5. The molecule has 11 aromatic rings. The summed E-state index contributed by atoms with van der Waals surface area (Å²) in [6, 6.07) is 60.4. The molecule has 0 radical (unpaired) electrons. The van der Waals surface area contributed by atoms with E-state index in [1.165, 1.54) is 68.6 Å². The lowest BCUT2D eigenvalue weighted by Crippen LogP contribution is -2.60. The van der Waals surface area contributed by atoms with Gasteiger partial charge in [-0.3, -0.25) is 9.80 Å². The molecule has 0 fully saturated rings. The number of rotatable bonds is 4. The zero-order valence-corrected chi connectivity index (χ0v) is 38.8. The van der Waals surface area contributed by atoms with Crippen molar-refractivity contribution in [3.05, 3.63) is 175 Å². The van der Waals surface area contributed by atoms with Gasteiger partial charge in [-0.1, -0.05) is 120 Å². The summed E-state index contributed by atoms with van der Waals surface area (Å²) in [5, 5.41) is 4.80.